The van der Waals surface area contributed by atoms with Gasteiger partial charge in [0, 0.05) is 12.1 Å². The molecule has 154 valence electrons. The maximum atomic E-state index is 2.78. The molecule has 0 aromatic carbocycles. The maximum Gasteiger partial charge on any atom is 0.00722 e. The Morgan fingerprint density at radius 3 is 1.60 bits per heavy atom. The van der Waals surface area contributed by atoms with Gasteiger partial charge in [0.1, 0.15) is 0 Å². The Morgan fingerprint density at radius 1 is 0.760 bits per heavy atom. The molecule has 0 saturated carbocycles. The SMILES string of the molecule is CC.CC.CC.CCN1CCC(CCN2C(C)CC(C)CC2C)CC1. The van der Waals surface area contributed by atoms with Gasteiger partial charge < -0.3 is 4.90 Å². The van der Waals surface area contributed by atoms with Crippen molar-refractivity contribution in [1.29, 1.82) is 0 Å². The monoisotopic (exact) mass is 356 g/mol. The zero-order valence-corrected chi connectivity index (χ0v) is 19.6. The molecule has 2 fully saturated rings. The lowest BCUT2D eigenvalue weighted by molar-refractivity contribution is 0.0643. The summed E-state index contributed by atoms with van der Waals surface area (Å²) in [5.41, 5.74) is 0. The Kier molecular flexibility index (Phi) is 18.8. The Labute approximate surface area is 161 Å². The summed E-state index contributed by atoms with van der Waals surface area (Å²) in [5, 5.41) is 0. The minimum Gasteiger partial charge on any atom is -0.304 e. The standard InChI is InChI=1S/C17H34N2.3C2H6/c1-5-18-9-6-17(7-10-18)8-11-19-15(3)12-14(2)13-16(19)4;3*1-2/h14-17H,5-13H2,1-4H3;3*1-2H3. The van der Waals surface area contributed by atoms with Gasteiger partial charge in [0.2, 0.25) is 0 Å². The van der Waals surface area contributed by atoms with Crippen LogP contribution >= 0.6 is 0 Å². The molecule has 2 heterocycles. The van der Waals surface area contributed by atoms with E-state index in [-0.39, 0.29) is 0 Å². The zero-order chi connectivity index (χ0) is 19.8. The highest BCUT2D eigenvalue weighted by atomic mass is 15.2. The van der Waals surface area contributed by atoms with Gasteiger partial charge in [0.05, 0.1) is 0 Å². The molecule has 25 heavy (non-hydrogen) atoms. The Morgan fingerprint density at radius 2 is 1.20 bits per heavy atom. The predicted molar refractivity (Wildman–Crippen MR) is 118 cm³/mol. The summed E-state index contributed by atoms with van der Waals surface area (Å²) in [7, 11) is 0. The second-order valence-electron chi connectivity index (χ2n) is 7.18. The van der Waals surface area contributed by atoms with Crippen LogP contribution in [0, 0.1) is 11.8 Å². The molecule has 2 aliphatic heterocycles. The topological polar surface area (TPSA) is 6.48 Å². The lowest BCUT2D eigenvalue weighted by Gasteiger charge is -2.43. The summed E-state index contributed by atoms with van der Waals surface area (Å²) in [6.45, 7) is 26.8. The molecule has 0 amide bonds. The summed E-state index contributed by atoms with van der Waals surface area (Å²) in [5.74, 6) is 1.91. The van der Waals surface area contributed by atoms with E-state index in [0.29, 0.717) is 0 Å². The molecule has 2 unspecified atom stereocenters. The summed E-state index contributed by atoms with van der Waals surface area (Å²) in [6.07, 6.45) is 7.10. The van der Waals surface area contributed by atoms with Crippen LogP contribution in [0.15, 0.2) is 0 Å². The number of likely N-dealkylation sites (tertiary alicyclic amines) is 2. The van der Waals surface area contributed by atoms with Gasteiger partial charge >= 0.3 is 0 Å². The molecule has 0 bridgehead atoms. The van der Waals surface area contributed by atoms with Gasteiger partial charge in [-0.1, -0.05) is 55.4 Å². The van der Waals surface area contributed by atoms with Crippen LogP contribution in [0.25, 0.3) is 0 Å². The van der Waals surface area contributed by atoms with E-state index < -0.39 is 0 Å². The van der Waals surface area contributed by atoms with Crippen molar-refractivity contribution in [3.8, 4) is 0 Å². The average Bonchev–Trinajstić information content (AvgIpc) is 2.66. The molecule has 0 radical (unpaired) electrons. The average molecular weight is 357 g/mol. The van der Waals surface area contributed by atoms with Gasteiger partial charge in [0.25, 0.3) is 0 Å². The predicted octanol–water partition coefficient (Wildman–Crippen LogP) is 6.70. The zero-order valence-electron chi connectivity index (χ0n) is 19.6. The number of nitrogens with zero attached hydrogens (tertiary/aromatic N) is 2. The normalized spacial score (nSPS) is 27.8. The van der Waals surface area contributed by atoms with Crippen molar-refractivity contribution in [2.45, 2.75) is 113 Å². The van der Waals surface area contributed by atoms with Crippen molar-refractivity contribution in [3.63, 3.8) is 0 Å². The van der Waals surface area contributed by atoms with Crippen LogP contribution < -0.4 is 0 Å². The molecular weight excluding hydrogens is 304 g/mol. The second kappa shape index (κ2) is 17.3. The third kappa shape index (κ3) is 10.6. The number of hydrogen-bond acceptors (Lipinski definition) is 2. The molecule has 2 saturated heterocycles. The van der Waals surface area contributed by atoms with Gasteiger partial charge in [0.15, 0.2) is 0 Å². The van der Waals surface area contributed by atoms with Crippen molar-refractivity contribution in [2.75, 3.05) is 26.2 Å². The van der Waals surface area contributed by atoms with E-state index >= 15 is 0 Å². The third-order valence-electron chi connectivity index (χ3n) is 5.57. The van der Waals surface area contributed by atoms with Crippen LogP contribution in [-0.4, -0.2) is 48.1 Å². The fourth-order valence-corrected chi connectivity index (χ4v) is 4.33. The van der Waals surface area contributed by atoms with Crippen LogP contribution in [0.3, 0.4) is 0 Å². The fourth-order valence-electron chi connectivity index (χ4n) is 4.33. The van der Waals surface area contributed by atoms with Gasteiger partial charge in [-0.05, 0) is 84.0 Å². The van der Waals surface area contributed by atoms with Crippen LogP contribution in [0.5, 0.6) is 0 Å². The van der Waals surface area contributed by atoms with E-state index in [4.69, 9.17) is 0 Å². The quantitative estimate of drug-likeness (QED) is 0.553. The molecule has 2 aliphatic rings. The number of hydrogen-bond donors (Lipinski definition) is 0. The molecule has 0 aliphatic carbocycles. The lowest BCUT2D eigenvalue weighted by Crippen LogP contribution is -2.47. The Bertz CT molecular complexity index is 247. The highest BCUT2D eigenvalue weighted by molar-refractivity contribution is 4.83. The molecule has 0 N–H and O–H groups in total. The van der Waals surface area contributed by atoms with Crippen LogP contribution in [0.1, 0.15) is 101 Å². The minimum atomic E-state index is 0.800. The maximum absolute atomic E-state index is 2.78. The molecule has 0 aromatic heterocycles. The molecule has 0 aromatic rings. The van der Waals surface area contributed by atoms with E-state index in [1.807, 2.05) is 41.5 Å². The molecule has 2 nitrogen and oxygen atoms in total. The molecule has 2 heteroatoms. The van der Waals surface area contributed by atoms with E-state index in [1.165, 1.54) is 58.3 Å². The molecule has 2 atom stereocenters. The first kappa shape index (κ1) is 27.1. The smallest absolute Gasteiger partial charge is 0.00722 e. The van der Waals surface area contributed by atoms with Gasteiger partial charge in [-0.3, -0.25) is 4.90 Å². The molecular formula is C23H52N2. The van der Waals surface area contributed by atoms with Crippen LogP contribution in [0.4, 0.5) is 0 Å². The lowest BCUT2D eigenvalue weighted by atomic mass is 9.87. The second-order valence-corrected chi connectivity index (χ2v) is 7.18. The Balaban J connectivity index is 0. The van der Waals surface area contributed by atoms with E-state index in [9.17, 15) is 0 Å². The highest BCUT2D eigenvalue weighted by Crippen LogP contribution is 2.29. The first-order valence-electron chi connectivity index (χ1n) is 11.6. The van der Waals surface area contributed by atoms with E-state index in [0.717, 1.165) is 23.9 Å². The first-order valence-corrected chi connectivity index (χ1v) is 11.6. The summed E-state index contributed by atoms with van der Waals surface area (Å²) in [4.78, 5) is 5.39. The largest absolute Gasteiger partial charge is 0.304 e. The minimum absolute atomic E-state index is 0.800. The summed E-state index contributed by atoms with van der Waals surface area (Å²) >= 11 is 0. The van der Waals surface area contributed by atoms with Crippen molar-refractivity contribution in [1.82, 2.24) is 9.80 Å². The van der Waals surface area contributed by atoms with Crippen LogP contribution in [-0.2, 0) is 0 Å². The van der Waals surface area contributed by atoms with Crippen molar-refractivity contribution in [2.24, 2.45) is 11.8 Å². The van der Waals surface area contributed by atoms with Crippen molar-refractivity contribution >= 4 is 0 Å². The summed E-state index contributed by atoms with van der Waals surface area (Å²) in [6, 6.07) is 1.60. The molecule has 0 spiro atoms. The first-order chi connectivity index (χ1) is 12.1. The van der Waals surface area contributed by atoms with Crippen LogP contribution in [0.2, 0.25) is 0 Å². The Hall–Kier alpha value is -0.0800. The van der Waals surface area contributed by atoms with Gasteiger partial charge in [-0.2, -0.15) is 0 Å². The number of rotatable bonds is 4. The van der Waals surface area contributed by atoms with Crippen molar-refractivity contribution < 1.29 is 0 Å². The summed E-state index contributed by atoms with van der Waals surface area (Å²) < 4.78 is 0. The molecule has 2 rings (SSSR count). The number of piperidine rings is 2. The van der Waals surface area contributed by atoms with E-state index in [1.54, 1.807) is 0 Å². The van der Waals surface area contributed by atoms with Crippen molar-refractivity contribution in [3.05, 3.63) is 0 Å². The van der Waals surface area contributed by atoms with Gasteiger partial charge in [-0.25, -0.2) is 0 Å². The fraction of sp³-hybridized carbons (Fsp3) is 1.00. The van der Waals surface area contributed by atoms with Gasteiger partial charge in [-0.15, -0.1) is 0 Å². The van der Waals surface area contributed by atoms with E-state index in [2.05, 4.69) is 37.5 Å². The third-order valence-corrected chi connectivity index (χ3v) is 5.57. The highest BCUT2D eigenvalue weighted by Gasteiger charge is 2.29.